The quantitative estimate of drug-likeness (QED) is 0.758. The van der Waals surface area contributed by atoms with Gasteiger partial charge in [-0.3, -0.25) is 0 Å². The van der Waals surface area contributed by atoms with Gasteiger partial charge < -0.3 is 0 Å². The van der Waals surface area contributed by atoms with Gasteiger partial charge in [0.25, 0.3) is 0 Å². The second-order valence-corrected chi connectivity index (χ2v) is 4.86. The van der Waals surface area contributed by atoms with Gasteiger partial charge in [-0.25, -0.2) is 9.97 Å². The fourth-order valence-electron chi connectivity index (χ4n) is 1.43. The molecular formula is C12H9Cl3N2. The van der Waals surface area contributed by atoms with Crippen molar-refractivity contribution in [2.45, 2.75) is 13.8 Å². The van der Waals surface area contributed by atoms with Gasteiger partial charge in [-0.15, -0.1) is 0 Å². The normalized spacial score (nSPS) is 10.6. The molecule has 1 aromatic heterocycles. The number of aryl methyl sites for hydroxylation is 2. The predicted octanol–water partition coefficient (Wildman–Crippen LogP) is 4.72. The highest BCUT2D eigenvalue weighted by molar-refractivity contribution is 6.37. The second-order valence-electron chi connectivity index (χ2n) is 3.66. The van der Waals surface area contributed by atoms with Crippen molar-refractivity contribution in [2.75, 3.05) is 0 Å². The smallest absolute Gasteiger partial charge is 0.155 e. The van der Waals surface area contributed by atoms with E-state index < -0.39 is 0 Å². The van der Waals surface area contributed by atoms with Crippen LogP contribution in [0.3, 0.4) is 0 Å². The van der Waals surface area contributed by atoms with Crippen LogP contribution < -0.4 is 0 Å². The summed E-state index contributed by atoms with van der Waals surface area (Å²) in [6, 6.07) is 5.19. The van der Waals surface area contributed by atoms with Crippen LogP contribution in [0.1, 0.15) is 11.4 Å². The van der Waals surface area contributed by atoms with E-state index in [1.807, 2.05) is 13.8 Å². The highest BCUT2D eigenvalue weighted by atomic mass is 35.5. The van der Waals surface area contributed by atoms with Gasteiger partial charge in [-0.1, -0.05) is 34.8 Å². The SMILES string of the molecule is Cc1nc(Cl)c(-c2ccc(Cl)cc2Cl)nc1C. The van der Waals surface area contributed by atoms with Crippen molar-refractivity contribution in [2.24, 2.45) is 0 Å². The van der Waals surface area contributed by atoms with Gasteiger partial charge in [0.05, 0.1) is 16.4 Å². The van der Waals surface area contributed by atoms with E-state index in [4.69, 9.17) is 34.8 Å². The third-order valence-corrected chi connectivity index (χ3v) is 3.26. The van der Waals surface area contributed by atoms with Crippen molar-refractivity contribution < 1.29 is 0 Å². The molecule has 88 valence electrons. The Hall–Kier alpha value is -0.830. The molecule has 0 aliphatic carbocycles. The molecule has 2 rings (SSSR count). The maximum Gasteiger partial charge on any atom is 0.155 e. The minimum Gasteiger partial charge on any atom is -0.248 e. The first kappa shape index (κ1) is 12.6. The van der Waals surface area contributed by atoms with Gasteiger partial charge in [0.1, 0.15) is 5.69 Å². The lowest BCUT2D eigenvalue weighted by Crippen LogP contribution is -1.96. The second kappa shape index (κ2) is 4.81. The summed E-state index contributed by atoms with van der Waals surface area (Å²) in [5.74, 6) is 0. The van der Waals surface area contributed by atoms with Crippen molar-refractivity contribution in [1.29, 1.82) is 0 Å². The van der Waals surface area contributed by atoms with E-state index in [2.05, 4.69) is 9.97 Å². The van der Waals surface area contributed by atoms with E-state index >= 15 is 0 Å². The van der Waals surface area contributed by atoms with Gasteiger partial charge in [-0.05, 0) is 32.0 Å². The third-order valence-electron chi connectivity index (χ3n) is 2.45. The molecule has 0 saturated heterocycles. The third kappa shape index (κ3) is 2.54. The molecule has 0 unspecified atom stereocenters. The maximum atomic E-state index is 6.12. The highest BCUT2D eigenvalue weighted by Gasteiger charge is 2.12. The lowest BCUT2D eigenvalue weighted by molar-refractivity contribution is 1.05. The molecule has 17 heavy (non-hydrogen) atoms. The zero-order chi connectivity index (χ0) is 12.6. The minimum absolute atomic E-state index is 0.345. The molecule has 0 aliphatic heterocycles. The van der Waals surface area contributed by atoms with Crippen molar-refractivity contribution in [3.05, 3.63) is 44.8 Å². The largest absolute Gasteiger partial charge is 0.248 e. The molecule has 0 fully saturated rings. The summed E-state index contributed by atoms with van der Waals surface area (Å²) in [7, 11) is 0. The summed E-state index contributed by atoms with van der Waals surface area (Å²) in [5, 5.41) is 1.43. The number of hydrogen-bond acceptors (Lipinski definition) is 2. The van der Waals surface area contributed by atoms with E-state index in [1.165, 1.54) is 0 Å². The Morgan fingerprint density at radius 2 is 1.59 bits per heavy atom. The van der Waals surface area contributed by atoms with E-state index in [0.717, 1.165) is 17.0 Å². The Balaban J connectivity index is 2.64. The number of aromatic nitrogens is 2. The highest BCUT2D eigenvalue weighted by Crippen LogP contribution is 2.32. The summed E-state index contributed by atoms with van der Waals surface area (Å²) in [6.07, 6.45) is 0. The molecule has 1 heterocycles. The zero-order valence-corrected chi connectivity index (χ0v) is 11.5. The van der Waals surface area contributed by atoms with E-state index in [1.54, 1.807) is 18.2 Å². The molecule has 0 aliphatic rings. The monoisotopic (exact) mass is 286 g/mol. The topological polar surface area (TPSA) is 25.8 Å². The van der Waals surface area contributed by atoms with Crippen LogP contribution in [0.4, 0.5) is 0 Å². The molecular weight excluding hydrogens is 279 g/mol. The molecule has 0 spiro atoms. The van der Waals surface area contributed by atoms with E-state index in [9.17, 15) is 0 Å². The average molecular weight is 288 g/mol. The molecule has 0 saturated carbocycles. The van der Waals surface area contributed by atoms with E-state index in [-0.39, 0.29) is 0 Å². The van der Waals surface area contributed by atoms with Crippen LogP contribution in [0.15, 0.2) is 18.2 Å². The predicted molar refractivity (Wildman–Crippen MR) is 72.0 cm³/mol. The lowest BCUT2D eigenvalue weighted by atomic mass is 10.1. The number of hydrogen-bond donors (Lipinski definition) is 0. The average Bonchev–Trinajstić information content (AvgIpc) is 2.24. The zero-order valence-electron chi connectivity index (χ0n) is 9.26. The van der Waals surface area contributed by atoms with Gasteiger partial charge in [0.2, 0.25) is 0 Å². The number of nitrogens with zero attached hydrogens (tertiary/aromatic N) is 2. The number of benzene rings is 1. The molecule has 2 nitrogen and oxygen atoms in total. The van der Waals surface area contributed by atoms with Gasteiger partial charge in [-0.2, -0.15) is 0 Å². The Labute approximate surface area is 115 Å². The maximum absolute atomic E-state index is 6.12. The molecule has 2 aromatic rings. The van der Waals surface area contributed by atoms with Crippen LogP contribution in [0.5, 0.6) is 0 Å². The van der Waals surface area contributed by atoms with Gasteiger partial charge in [0.15, 0.2) is 5.15 Å². The molecule has 0 N–H and O–H groups in total. The first-order valence-corrected chi connectivity index (χ1v) is 6.08. The minimum atomic E-state index is 0.345. The van der Waals surface area contributed by atoms with Crippen LogP contribution in [0.2, 0.25) is 15.2 Å². The Morgan fingerprint density at radius 3 is 2.24 bits per heavy atom. The molecule has 0 atom stereocenters. The van der Waals surface area contributed by atoms with Crippen molar-refractivity contribution >= 4 is 34.8 Å². The Morgan fingerprint density at radius 1 is 0.941 bits per heavy atom. The van der Waals surface area contributed by atoms with E-state index in [0.29, 0.717) is 20.9 Å². The lowest BCUT2D eigenvalue weighted by Gasteiger charge is -2.08. The fraction of sp³-hybridized carbons (Fsp3) is 0.167. The summed E-state index contributed by atoms with van der Waals surface area (Å²) in [5.41, 5.74) is 2.95. The van der Waals surface area contributed by atoms with Crippen LogP contribution in [-0.2, 0) is 0 Å². The van der Waals surface area contributed by atoms with Crippen LogP contribution in [-0.4, -0.2) is 9.97 Å². The first-order chi connectivity index (χ1) is 7.99. The first-order valence-electron chi connectivity index (χ1n) is 4.95. The number of halogens is 3. The standard InChI is InChI=1S/C12H9Cl3N2/c1-6-7(2)17-12(15)11(16-6)9-4-3-8(13)5-10(9)14/h3-5H,1-2H3. The molecule has 0 bridgehead atoms. The van der Waals surface area contributed by atoms with Crippen molar-refractivity contribution in [3.8, 4) is 11.3 Å². The van der Waals surface area contributed by atoms with Gasteiger partial charge in [0, 0.05) is 10.6 Å². The molecule has 5 heteroatoms. The summed E-state index contributed by atoms with van der Waals surface area (Å²) in [4.78, 5) is 8.64. The van der Waals surface area contributed by atoms with Gasteiger partial charge >= 0.3 is 0 Å². The Kier molecular flexibility index (Phi) is 3.57. The van der Waals surface area contributed by atoms with Crippen molar-refractivity contribution in [3.63, 3.8) is 0 Å². The molecule has 1 aromatic carbocycles. The molecule has 0 amide bonds. The van der Waals surface area contributed by atoms with Crippen molar-refractivity contribution in [1.82, 2.24) is 9.97 Å². The Bertz CT molecular complexity index is 582. The fourth-order valence-corrected chi connectivity index (χ4v) is 2.20. The van der Waals surface area contributed by atoms with Crippen LogP contribution >= 0.6 is 34.8 Å². The summed E-state index contributed by atoms with van der Waals surface area (Å²) in [6.45, 7) is 3.74. The van der Waals surface area contributed by atoms with Crippen LogP contribution in [0.25, 0.3) is 11.3 Å². The number of rotatable bonds is 1. The van der Waals surface area contributed by atoms with Crippen LogP contribution in [0, 0.1) is 13.8 Å². The summed E-state index contributed by atoms with van der Waals surface area (Å²) >= 11 is 18.0. The molecule has 0 radical (unpaired) electrons. The summed E-state index contributed by atoms with van der Waals surface area (Å²) < 4.78 is 0.